The van der Waals surface area contributed by atoms with Crippen molar-refractivity contribution < 1.29 is 18.7 Å². The van der Waals surface area contributed by atoms with Crippen LogP contribution in [0.1, 0.15) is 17.3 Å². The number of carbonyl (C=O) groups is 2. The summed E-state index contributed by atoms with van der Waals surface area (Å²) >= 11 is 0. The third-order valence-electron chi connectivity index (χ3n) is 3.11. The van der Waals surface area contributed by atoms with E-state index in [0.717, 1.165) is 0 Å². The minimum Gasteiger partial charge on any atom is -0.375 e. The van der Waals surface area contributed by atoms with E-state index in [2.05, 4.69) is 5.32 Å². The maximum Gasteiger partial charge on any atom is 0.254 e. The van der Waals surface area contributed by atoms with Crippen molar-refractivity contribution in [3.63, 3.8) is 0 Å². The Hall–Kier alpha value is -1.95. The van der Waals surface area contributed by atoms with Crippen LogP contribution >= 0.6 is 0 Å². The van der Waals surface area contributed by atoms with Crippen molar-refractivity contribution in [1.82, 2.24) is 10.2 Å². The van der Waals surface area contributed by atoms with E-state index in [4.69, 9.17) is 4.74 Å². The van der Waals surface area contributed by atoms with E-state index in [1.54, 1.807) is 11.0 Å². The van der Waals surface area contributed by atoms with Gasteiger partial charge >= 0.3 is 0 Å². The molecule has 1 heterocycles. The molecule has 1 N–H and O–H groups in total. The van der Waals surface area contributed by atoms with Crippen molar-refractivity contribution in [1.29, 1.82) is 0 Å². The highest BCUT2D eigenvalue weighted by atomic mass is 19.1. The van der Waals surface area contributed by atoms with Crippen molar-refractivity contribution >= 4 is 11.8 Å². The second-order valence-corrected chi connectivity index (χ2v) is 4.68. The molecule has 1 aliphatic heterocycles. The molecule has 2 rings (SSSR count). The number of amides is 2. The predicted octanol–water partition coefficient (Wildman–Crippen LogP) is 0.803. The molecule has 5 nitrogen and oxygen atoms in total. The van der Waals surface area contributed by atoms with Crippen molar-refractivity contribution in [2.75, 3.05) is 26.2 Å². The summed E-state index contributed by atoms with van der Waals surface area (Å²) in [5.74, 6) is -1.37. The number of morpholine rings is 1. The molecule has 0 aliphatic carbocycles. The fourth-order valence-corrected chi connectivity index (χ4v) is 2.05. The fourth-order valence-electron chi connectivity index (χ4n) is 2.05. The standard InChI is InChI=1S/C14H17FN2O3/c1-10-9-17(6-7-20-10)13(18)8-16-14(19)11-4-2-3-5-12(11)15/h2-5,10H,6-9H2,1H3,(H,16,19). The number of nitrogens with zero attached hydrogens (tertiary/aromatic N) is 1. The van der Waals surface area contributed by atoms with Gasteiger partial charge in [-0.1, -0.05) is 12.1 Å². The first kappa shape index (κ1) is 14.5. The Morgan fingerprint density at radius 2 is 2.20 bits per heavy atom. The lowest BCUT2D eigenvalue weighted by Gasteiger charge is -2.31. The number of nitrogens with one attached hydrogen (secondary N) is 1. The van der Waals surface area contributed by atoms with Crippen molar-refractivity contribution in [3.05, 3.63) is 35.6 Å². The molecule has 1 unspecified atom stereocenters. The van der Waals surface area contributed by atoms with E-state index in [1.165, 1.54) is 18.2 Å². The lowest BCUT2D eigenvalue weighted by molar-refractivity contribution is -0.137. The number of ether oxygens (including phenoxy) is 1. The van der Waals surface area contributed by atoms with E-state index >= 15 is 0 Å². The molecule has 1 atom stereocenters. The third-order valence-corrected chi connectivity index (χ3v) is 3.11. The van der Waals surface area contributed by atoms with E-state index in [1.807, 2.05) is 6.92 Å². The van der Waals surface area contributed by atoms with Crippen LogP contribution in [0.2, 0.25) is 0 Å². The van der Waals surface area contributed by atoms with Gasteiger partial charge in [-0.2, -0.15) is 0 Å². The summed E-state index contributed by atoms with van der Waals surface area (Å²) in [6.07, 6.45) is -0.00466. The van der Waals surface area contributed by atoms with Gasteiger partial charge in [-0.25, -0.2) is 4.39 Å². The number of hydrogen-bond donors (Lipinski definition) is 1. The van der Waals surface area contributed by atoms with Crippen molar-refractivity contribution in [2.45, 2.75) is 13.0 Å². The molecule has 0 spiro atoms. The molecule has 2 amide bonds. The zero-order valence-electron chi connectivity index (χ0n) is 11.3. The molecule has 20 heavy (non-hydrogen) atoms. The highest BCUT2D eigenvalue weighted by Crippen LogP contribution is 2.06. The van der Waals surface area contributed by atoms with Gasteiger partial charge in [-0.05, 0) is 19.1 Å². The number of benzene rings is 1. The summed E-state index contributed by atoms with van der Waals surface area (Å²) in [6.45, 7) is 3.26. The molecular weight excluding hydrogens is 263 g/mol. The summed E-state index contributed by atoms with van der Waals surface area (Å²) in [6, 6.07) is 5.67. The summed E-state index contributed by atoms with van der Waals surface area (Å²) in [5, 5.41) is 2.44. The van der Waals surface area contributed by atoms with Crippen LogP contribution in [0.5, 0.6) is 0 Å². The van der Waals surface area contributed by atoms with Crippen molar-refractivity contribution in [2.24, 2.45) is 0 Å². The molecule has 0 radical (unpaired) electrons. The maximum atomic E-state index is 13.4. The molecule has 6 heteroatoms. The van der Waals surface area contributed by atoms with Crippen LogP contribution in [0.4, 0.5) is 4.39 Å². The molecule has 1 fully saturated rings. The lowest BCUT2D eigenvalue weighted by Crippen LogP contribution is -2.48. The summed E-state index contributed by atoms with van der Waals surface area (Å²) in [7, 11) is 0. The van der Waals surface area contributed by atoms with Crippen LogP contribution in [0, 0.1) is 5.82 Å². The van der Waals surface area contributed by atoms with Gasteiger partial charge in [0.1, 0.15) is 5.82 Å². The smallest absolute Gasteiger partial charge is 0.254 e. The number of halogens is 1. The average molecular weight is 280 g/mol. The maximum absolute atomic E-state index is 13.4. The SMILES string of the molecule is CC1CN(C(=O)CNC(=O)c2ccccc2F)CCO1. The van der Waals surface area contributed by atoms with Gasteiger partial charge in [0.15, 0.2) is 0 Å². The minimum atomic E-state index is -0.600. The highest BCUT2D eigenvalue weighted by Gasteiger charge is 2.22. The van der Waals surface area contributed by atoms with Gasteiger partial charge in [0, 0.05) is 13.1 Å². The zero-order valence-corrected chi connectivity index (χ0v) is 11.3. The monoisotopic (exact) mass is 280 g/mol. The minimum absolute atomic E-state index is 0.00466. The number of carbonyl (C=O) groups excluding carboxylic acids is 2. The van der Waals surface area contributed by atoms with E-state index in [9.17, 15) is 14.0 Å². The third kappa shape index (κ3) is 3.54. The molecule has 0 saturated carbocycles. The van der Waals surface area contributed by atoms with Gasteiger partial charge in [0.05, 0.1) is 24.8 Å². The first-order valence-electron chi connectivity index (χ1n) is 6.50. The summed E-state index contributed by atoms with van der Waals surface area (Å²) in [4.78, 5) is 25.3. The Morgan fingerprint density at radius 3 is 2.90 bits per heavy atom. The van der Waals surface area contributed by atoms with Gasteiger partial charge < -0.3 is 15.0 Å². The zero-order chi connectivity index (χ0) is 14.5. The van der Waals surface area contributed by atoms with Gasteiger partial charge in [-0.3, -0.25) is 9.59 Å². The first-order valence-corrected chi connectivity index (χ1v) is 6.50. The van der Waals surface area contributed by atoms with Gasteiger partial charge in [0.2, 0.25) is 5.91 Å². The van der Waals surface area contributed by atoms with Crippen LogP contribution in [0.25, 0.3) is 0 Å². The topological polar surface area (TPSA) is 58.6 Å². The molecule has 0 bridgehead atoms. The average Bonchev–Trinajstić information content (AvgIpc) is 2.45. The number of hydrogen-bond acceptors (Lipinski definition) is 3. The molecule has 1 saturated heterocycles. The van der Waals surface area contributed by atoms with E-state index in [-0.39, 0.29) is 24.1 Å². The highest BCUT2D eigenvalue weighted by molar-refractivity contribution is 5.96. The van der Waals surface area contributed by atoms with E-state index < -0.39 is 11.7 Å². The normalized spacial score (nSPS) is 18.7. The second kappa shape index (κ2) is 6.47. The Morgan fingerprint density at radius 1 is 1.45 bits per heavy atom. The summed E-state index contributed by atoms with van der Waals surface area (Å²) < 4.78 is 18.7. The Bertz CT molecular complexity index is 507. The second-order valence-electron chi connectivity index (χ2n) is 4.68. The van der Waals surface area contributed by atoms with Crippen LogP contribution in [-0.2, 0) is 9.53 Å². The predicted molar refractivity (Wildman–Crippen MR) is 70.7 cm³/mol. The Balaban J connectivity index is 1.87. The molecular formula is C14H17FN2O3. The number of rotatable bonds is 3. The summed E-state index contributed by atoms with van der Waals surface area (Å²) in [5.41, 5.74) is -0.0596. The Labute approximate surface area is 116 Å². The first-order chi connectivity index (χ1) is 9.58. The van der Waals surface area contributed by atoms with Crippen LogP contribution < -0.4 is 5.32 Å². The quantitative estimate of drug-likeness (QED) is 0.891. The van der Waals surface area contributed by atoms with Crippen LogP contribution in [-0.4, -0.2) is 49.1 Å². The van der Waals surface area contributed by atoms with E-state index in [0.29, 0.717) is 19.7 Å². The molecule has 1 aromatic rings. The lowest BCUT2D eigenvalue weighted by atomic mass is 10.2. The van der Waals surface area contributed by atoms with Crippen LogP contribution in [0.15, 0.2) is 24.3 Å². The molecule has 0 aromatic heterocycles. The van der Waals surface area contributed by atoms with Gasteiger partial charge in [-0.15, -0.1) is 0 Å². The molecule has 108 valence electrons. The largest absolute Gasteiger partial charge is 0.375 e. The van der Waals surface area contributed by atoms with Crippen molar-refractivity contribution in [3.8, 4) is 0 Å². The van der Waals surface area contributed by atoms with Crippen LogP contribution in [0.3, 0.4) is 0 Å². The molecule has 1 aliphatic rings. The fraction of sp³-hybridized carbons (Fsp3) is 0.429. The molecule has 1 aromatic carbocycles. The Kier molecular flexibility index (Phi) is 4.68. The van der Waals surface area contributed by atoms with Gasteiger partial charge in [0.25, 0.3) is 5.91 Å².